The van der Waals surface area contributed by atoms with Crippen LogP contribution in [0.15, 0.2) is 85.2 Å². The molecule has 0 unspecified atom stereocenters. The maximum Gasteiger partial charge on any atom is 0.163 e. The third-order valence-electron chi connectivity index (χ3n) is 5.51. The van der Waals surface area contributed by atoms with Gasteiger partial charge in [0.05, 0.1) is 10.5 Å². The first-order valence-electron chi connectivity index (χ1n) is 10.7. The molecule has 0 saturated heterocycles. The number of nitrogens with one attached hydrogen (secondary N) is 1. The van der Waals surface area contributed by atoms with Crippen molar-refractivity contribution >= 4 is 39.7 Å². The van der Waals surface area contributed by atoms with Crippen molar-refractivity contribution in [3.63, 3.8) is 0 Å². The van der Waals surface area contributed by atoms with Crippen LogP contribution in [-0.4, -0.2) is 29.0 Å². The van der Waals surface area contributed by atoms with Gasteiger partial charge in [-0.25, -0.2) is 14.4 Å². The lowest BCUT2D eigenvalue weighted by Gasteiger charge is -2.14. The maximum absolute atomic E-state index is 13.7. The van der Waals surface area contributed by atoms with E-state index in [9.17, 15) is 4.39 Å². The summed E-state index contributed by atoms with van der Waals surface area (Å²) in [7, 11) is 4.03. The van der Waals surface area contributed by atoms with Crippen LogP contribution < -0.4 is 10.2 Å². The van der Waals surface area contributed by atoms with Crippen LogP contribution in [0.3, 0.4) is 0 Å². The van der Waals surface area contributed by atoms with Crippen LogP contribution in [0.5, 0.6) is 0 Å². The molecule has 0 atom stereocenters. The molecule has 0 amide bonds. The topological polar surface area (TPSA) is 53.9 Å². The maximum atomic E-state index is 13.7. The summed E-state index contributed by atoms with van der Waals surface area (Å²) in [5, 5.41) is 4.17. The number of hydrogen-bond acceptors (Lipinski definition) is 5. The minimum atomic E-state index is -0.473. The van der Waals surface area contributed by atoms with Crippen molar-refractivity contribution in [1.82, 2.24) is 15.0 Å². The molecule has 2 aromatic heterocycles. The standard InChI is InChI=1S/C27H21ClFN5/c1-34(2)21-9-5-17(6-10-21)18-7-12-25-22(14-18)27(31-20-8-11-24(29)23(28)15-20)33-26(32-25)19-4-3-13-30-16-19/h3-16H,1-2H3,(H,31,32,33). The van der Waals surface area contributed by atoms with Gasteiger partial charge in [-0.2, -0.15) is 0 Å². The molecule has 2 heterocycles. The lowest BCUT2D eigenvalue weighted by atomic mass is 10.0. The number of hydrogen-bond donors (Lipinski definition) is 1. The Bertz CT molecular complexity index is 1470. The van der Waals surface area contributed by atoms with E-state index in [0.29, 0.717) is 17.3 Å². The van der Waals surface area contributed by atoms with Crippen molar-refractivity contribution in [2.75, 3.05) is 24.3 Å². The zero-order valence-corrected chi connectivity index (χ0v) is 19.4. The second kappa shape index (κ2) is 9.08. The van der Waals surface area contributed by atoms with Crippen LogP contribution in [0.2, 0.25) is 5.02 Å². The Morgan fingerprint density at radius 1 is 0.853 bits per heavy atom. The average molecular weight is 470 g/mol. The van der Waals surface area contributed by atoms with Crippen LogP contribution in [-0.2, 0) is 0 Å². The Balaban J connectivity index is 1.64. The van der Waals surface area contributed by atoms with Gasteiger partial charge in [0, 0.05) is 48.8 Å². The summed E-state index contributed by atoms with van der Waals surface area (Å²) in [5.74, 6) is 0.664. The number of halogens is 2. The molecule has 5 rings (SSSR count). The van der Waals surface area contributed by atoms with Gasteiger partial charge in [0.1, 0.15) is 11.6 Å². The van der Waals surface area contributed by atoms with Crippen molar-refractivity contribution in [2.45, 2.75) is 0 Å². The van der Waals surface area contributed by atoms with E-state index in [-0.39, 0.29) is 5.02 Å². The third-order valence-corrected chi connectivity index (χ3v) is 5.80. The quantitative estimate of drug-likeness (QED) is 0.301. The van der Waals surface area contributed by atoms with Gasteiger partial charge in [0.2, 0.25) is 0 Å². The highest BCUT2D eigenvalue weighted by Crippen LogP contribution is 2.32. The molecule has 0 aliphatic heterocycles. The molecule has 34 heavy (non-hydrogen) atoms. The highest BCUT2D eigenvalue weighted by Gasteiger charge is 2.13. The molecule has 0 aliphatic rings. The van der Waals surface area contributed by atoms with Gasteiger partial charge in [0.15, 0.2) is 5.82 Å². The summed E-state index contributed by atoms with van der Waals surface area (Å²) in [5.41, 5.74) is 5.45. The number of nitrogens with zero attached hydrogens (tertiary/aromatic N) is 4. The fourth-order valence-corrected chi connectivity index (χ4v) is 3.87. The molecule has 0 aliphatic carbocycles. The molecule has 5 nitrogen and oxygen atoms in total. The van der Waals surface area contributed by atoms with Gasteiger partial charge in [-0.1, -0.05) is 29.8 Å². The minimum absolute atomic E-state index is 0.0394. The number of rotatable bonds is 5. The Kier molecular flexibility index (Phi) is 5.82. The van der Waals surface area contributed by atoms with E-state index < -0.39 is 5.82 Å². The van der Waals surface area contributed by atoms with Gasteiger partial charge in [0.25, 0.3) is 0 Å². The van der Waals surface area contributed by atoms with Gasteiger partial charge in [-0.15, -0.1) is 0 Å². The molecular weight excluding hydrogens is 449 g/mol. The summed E-state index contributed by atoms with van der Waals surface area (Å²) in [4.78, 5) is 15.8. The minimum Gasteiger partial charge on any atom is -0.378 e. The molecule has 0 saturated carbocycles. The molecular formula is C27H21ClFN5. The molecule has 1 N–H and O–H groups in total. The second-order valence-electron chi connectivity index (χ2n) is 8.06. The molecule has 0 fully saturated rings. The van der Waals surface area contributed by atoms with Gasteiger partial charge in [-0.05, 0) is 65.7 Å². The van der Waals surface area contributed by atoms with Crippen LogP contribution in [0.4, 0.5) is 21.6 Å². The Morgan fingerprint density at radius 3 is 2.35 bits per heavy atom. The monoisotopic (exact) mass is 469 g/mol. The molecule has 168 valence electrons. The van der Waals surface area contributed by atoms with E-state index in [1.807, 2.05) is 38.4 Å². The van der Waals surface area contributed by atoms with E-state index in [2.05, 4.69) is 45.5 Å². The molecule has 0 bridgehead atoms. The number of fused-ring (bicyclic) bond motifs is 1. The van der Waals surface area contributed by atoms with Crippen molar-refractivity contribution in [1.29, 1.82) is 0 Å². The van der Waals surface area contributed by atoms with E-state index in [1.54, 1.807) is 24.5 Å². The van der Waals surface area contributed by atoms with E-state index in [0.717, 1.165) is 33.3 Å². The van der Waals surface area contributed by atoms with Crippen LogP contribution >= 0.6 is 11.6 Å². The first-order chi connectivity index (χ1) is 16.5. The molecule has 0 spiro atoms. The number of aromatic nitrogens is 3. The van der Waals surface area contributed by atoms with Crippen LogP contribution in [0.25, 0.3) is 33.4 Å². The molecule has 3 aromatic carbocycles. The normalized spacial score (nSPS) is 10.9. The fourth-order valence-electron chi connectivity index (χ4n) is 3.69. The highest BCUT2D eigenvalue weighted by atomic mass is 35.5. The zero-order valence-electron chi connectivity index (χ0n) is 18.6. The smallest absolute Gasteiger partial charge is 0.163 e. The number of pyridine rings is 1. The fraction of sp³-hybridized carbons (Fsp3) is 0.0741. The van der Waals surface area contributed by atoms with Gasteiger partial charge < -0.3 is 10.2 Å². The SMILES string of the molecule is CN(C)c1ccc(-c2ccc3nc(-c4cccnc4)nc(Nc4ccc(F)c(Cl)c4)c3c2)cc1. The lowest BCUT2D eigenvalue weighted by molar-refractivity contribution is 0.628. The molecule has 5 aromatic rings. The van der Waals surface area contributed by atoms with Crippen LogP contribution in [0.1, 0.15) is 0 Å². The summed E-state index contributed by atoms with van der Waals surface area (Å²) >= 11 is 6.01. The predicted octanol–water partition coefficient (Wildman–Crippen LogP) is 6.96. The Morgan fingerprint density at radius 2 is 1.65 bits per heavy atom. The van der Waals surface area contributed by atoms with Crippen molar-refractivity contribution in [2.24, 2.45) is 0 Å². The average Bonchev–Trinajstić information content (AvgIpc) is 2.86. The second-order valence-corrected chi connectivity index (χ2v) is 8.47. The highest BCUT2D eigenvalue weighted by molar-refractivity contribution is 6.31. The molecule has 7 heteroatoms. The summed E-state index contributed by atoms with van der Waals surface area (Å²) in [6.45, 7) is 0. The summed E-state index contributed by atoms with van der Waals surface area (Å²) in [6, 6.07) is 22.7. The first-order valence-corrected chi connectivity index (χ1v) is 11.1. The lowest BCUT2D eigenvalue weighted by Crippen LogP contribution is -2.07. The van der Waals surface area contributed by atoms with E-state index in [4.69, 9.17) is 21.6 Å². The number of benzene rings is 3. The van der Waals surface area contributed by atoms with E-state index >= 15 is 0 Å². The van der Waals surface area contributed by atoms with E-state index in [1.165, 1.54) is 6.07 Å². The Labute approximate surface area is 201 Å². The van der Waals surface area contributed by atoms with Gasteiger partial charge in [-0.3, -0.25) is 4.98 Å². The summed E-state index contributed by atoms with van der Waals surface area (Å²) < 4.78 is 13.7. The van der Waals surface area contributed by atoms with Crippen molar-refractivity contribution < 1.29 is 4.39 Å². The van der Waals surface area contributed by atoms with Crippen molar-refractivity contribution in [3.05, 3.63) is 96.0 Å². The third kappa shape index (κ3) is 4.40. The van der Waals surface area contributed by atoms with Crippen molar-refractivity contribution in [3.8, 4) is 22.5 Å². The Hall–Kier alpha value is -4.03. The number of anilines is 3. The summed E-state index contributed by atoms with van der Waals surface area (Å²) in [6.07, 6.45) is 3.43. The van der Waals surface area contributed by atoms with Gasteiger partial charge >= 0.3 is 0 Å². The first kappa shape index (κ1) is 21.8. The zero-order chi connectivity index (χ0) is 23.7. The largest absolute Gasteiger partial charge is 0.378 e. The predicted molar refractivity (Wildman–Crippen MR) is 137 cm³/mol. The molecule has 0 radical (unpaired) electrons. The van der Waals surface area contributed by atoms with Crippen LogP contribution in [0, 0.1) is 5.82 Å².